The predicted molar refractivity (Wildman–Crippen MR) is 136 cm³/mol. The van der Waals surface area contributed by atoms with Gasteiger partial charge >= 0.3 is 23.9 Å². The molecule has 0 saturated heterocycles. The normalized spacial score (nSPS) is 11.1. The summed E-state index contributed by atoms with van der Waals surface area (Å²) in [5, 5.41) is 9.64. The average molecular weight is 525 g/mol. The molecule has 38 heavy (non-hydrogen) atoms. The first-order valence-electron chi connectivity index (χ1n) is 11.2. The van der Waals surface area contributed by atoms with Gasteiger partial charge in [0.2, 0.25) is 0 Å². The summed E-state index contributed by atoms with van der Waals surface area (Å²) in [4.78, 5) is 47.7. The van der Waals surface area contributed by atoms with Crippen molar-refractivity contribution in [2.24, 2.45) is 0 Å². The Kier molecular flexibility index (Phi) is 10.7. The third-order valence-corrected chi connectivity index (χ3v) is 4.54. The maximum absolute atomic E-state index is 12.2. The van der Waals surface area contributed by atoms with Crippen molar-refractivity contribution >= 4 is 23.9 Å². The molecule has 0 fully saturated rings. The van der Waals surface area contributed by atoms with Crippen LogP contribution in [0.2, 0.25) is 0 Å². The molecule has 0 radical (unpaired) electrons. The summed E-state index contributed by atoms with van der Waals surface area (Å²) in [5.41, 5.74) is 1.73. The first-order valence-corrected chi connectivity index (χ1v) is 11.2. The fourth-order valence-corrected chi connectivity index (χ4v) is 2.62. The van der Waals surface area contributed by atoms with Crippen LogP contribution in [0.4, 0.5) is 0 Å². The first kappa shape index (κ1) is 29.7. The molecule has 0 saturated carbocycles. The minimum absolute atomic E-state index is 0.000400. The summed E-state index contributed by atoms with van der Waals surface area (Å²) in [6.07, 6.45) is -1.34. The molecule has 0 heterocycles. The minimum atomic E-state index is -1.34. The molecule has 1 unspecified atom stereocenters. The van der Waals surface area contributed by atoms with E-state index in [-0.39, 0.29) is 28.4 Å². The Hall–Kier alpha value is -4.54. The van der Waals surface area contributed by atoms with Gasteiger partial charge in [-0.25, -0.2) is 19.2 Å². The summed E-state index contributed by atoms with van der Waals surface area (Å²) in [6, 6.07) is 10.6. The predicted octanol–water partition coefficient (Wildman–Crippen LogP) is 3.68. The molecule has 1 atom stereocenters. The quantitative estimate of drug-likeness (QED) is 0.144. The van der Waals surface area contributed by atoms with Gasteiger partial charge in [0.05, 0.1) is 0 Å². The molecular formula is C28H28O10. The molecule has 0 aromatic heterocycles. The summed E-state index contributed by atoms with van der Waals surface area (Å²) >= 11 is 0. The molecule has 10 nitrogen and oxygen atoms in total. The van der Waals surface area contributed by atoms with E-state index in [0.717, 1.165) is 0 Å². The van der Waals surface area contributed by atoms with Crippen LogP contribution in [-0.2, 0) is 28.7 Å². The fraction of sp³-hybridized carbons (Fsp3) is 0.214. The standard InChI is InChI=1S/C28H28O10/c1-16(2)26(31)34-14-24(29)36-22-11-20(19-7-9-21(10-8-19)38-28(33)18(5)6)12-23(13-22)37-25(30)15-35-27(32)17(3)4/h7-13,26,31H,1,3,5,14-15H2,2,4,6H3. The highest BCUT2D eigenvalue weighted by Gasteiger charge is 2.16. The molecule has 0 amide bonds. The van der Waals surface area contributed by atoms with Crippen molar-refractivity contribution in [2.45, 2.75) is 27.1 Å². The van der Waals surface area contributed by atoms with Crippen LogP contribution in [0.15, 0.2) is 78.9 Å². The number of hydrogen-bond acceptors (Lipinski definition) is 10. The van der Waals surface area contributed by atoms with E-state index in [1.807, 2.05) is 0 Å². The number of esters is 4. The van der Waals surface area contributed by atoms with Crippen molar-refractivity contribution < 1.29 is 48.0 Å². The van der Waals surface area contributed by atoms with E-state index in [9.17, 15) is 24.3 Å². The molecule has 0 aliphatic heterocycles. The van der Waals surface area contributed by atoms with E-state index in [2.05, 4.69) is 19.7 Å². The van der Waals surface area contributed by atoms with E-state index >= 15 is 0 Å². The number of rotatable bonds is 12. The molecular weight excluding hydrogens is 496 g/mol. The molecule has 0 aliphatic rings. The topological polar surface area (TPSA) is 135 Å². The third kappa shape index (κ3) is 9.49. The van der Waals surface area contributed by atoms with Crippen molar-refractivity contribution in [3.63, 3.8) is 0 Å². The van der Waals surface area contributed by atoms with Crippen LogP contribution >= 0.6 is 0 Å². The number of aliphatic hydroxyl groups is 1. The van der Waals surface area contributed by atoms with Gasteiger partial charge in [-0.15, -0.1) is 0 Å². The van der Waals surface area contributed by atoms with Crippen molar-refractivity contribution in [1.82, 2.24) is 0 Å². The lowest BCUT2D eigenvalue weighted by Gasteiger charge is -2.13. The van der Waals surface area contributed by atoms with Crippen molar-refractivity contribution in [2.75, 3.05) is 13.2 Å². The van der Waals surface area contributed by atoms with Gasteiger partial charge in [-0.1, -0.05) is 31.9 Å². The van der Waals surface area contributed by atoms with Crippen LogP contribution in [0.25, 0.3) is 11.1 Å². The molecule has 2 aromatic rings. The van der Waals surface area contributed by atoms with Gasteiger partial charge in [0.25, 0.3) is 0 Å². The Morgan fingerprint density at radius 3 is 1.74 bits per heavy atom. The Balaban J connectivity index is 2.27. The van der Waals surface area contributed by atoms with Gasteiger partial charge in [0.15, 0.2) is 12.9 Å². The van der Waals surface area contributed by atoms with Gasteiger partial charge in [0, 0.05) is 17.2 Å². The van der Waals surface area contributed by atoms with Crippen LogP contribution in [0.5, 0.6) is 17.2 Å². The van der Waals surface area contributed by atoms with E-state index < -0.39 is 43.4 Å². The summed E-state index contributed by atoms with van der Waals surface area (Å²) < 4.78 is 25.5. The summed E-state index contributed by atoms with van der Waals surface area (Å²) in [7, 11) is 0. The van der Waals surface area contributed by atoms with E-state index in [1.54, 1.807) is 24.3 Å². The van der Waals surface area contributed by atoms with Gasteiger partial charge in [-0.3, -0.25) is 0 Å². The molecule has 10 heteroatoms. The molecule has 0 spiro atoms. The smallest absolute Gasteiger partial charge is 0.349 e. The van der Waals surface area contributed by atoms with E-state index in [0.29, 0.717) is 16.7 Å². The maximum Gasteiger partial charge on any atom is 0.349 e. The lowest BCUT2D eigenvalue weighted by atomic mass is 10.0. The zero-order chi connectivity index (χ0) is 28.4. The largest absolute Gasteiger partial charge is 0.450 e. The van der Waals surface area contributed by atoms with Crippen molar-refractivity contribution in [3.8, 4) is 28.4 Å². The van der Waals surface area contributed by atoms with Crippen molar-refractivity contribution in [3.05, 3.63) is 78.9 Å². The van der Waals surface area contributed by atoms with Crippen LogP contribution in [0.3, 0.4) is 0 Å². The zero-order valence-electron chi connectivity index (χ0n) is 21.3. The van der Waals surface area contributed by atoms with Gasteiger partial charge in [-0.2, -0.15) is 0 Å². The highest BCUT2D eigenvalue weighted by Crippen LogP contribution is 2.31. The van der Waals surface area contributed by atoms with E-state index in [4.69, 9.17) is 23.7 Å². The Morgan fingerprint density at radius 2 is 1.24 bits per heavy atom. The second-order valence-electron chi connectivity index (χ2n) is 8.20. The molecule has 2 rings (SSSR count). The maximum atomic E-state index is 12.2. The molecule has 2 aromatic carbocycles. The van der Waals surface area contributed by atoms with Crippen LogP contribution in [-0.4, -0.2) is 48.5 Å². The highest BCUT2D eigenvalue weighted by atomic mass is 16.6. The Labute approximate surface area is 219 Å². The van der Waals surface area contributed by atoms with Gasteiger partial charge in [-0.05, 0) is 61.7 Å². The lowest BCUT2D eigenvalue weighted by Crippen LogP contribution is -2.22. The number of aliphatic hydroxyl groups excluding tert-OH is 1. The fourth-order valence-electron chi connectivity index (χ4n) is 2.62. The zero-order valence-corrected chi connectivity index (χ0v) is 21.3. The highest BCUT2D eigenvalue weighted by molar-refractivity contribution is 5.89. The van der Waals surface area contributed by atoms with E-state index in [1.165, 1.54) is 39.0 Å². The van der Waals surface area contributed by atoms with Crippen LogP contribution in [0, 0.1) is 0 Å². The second kappa shape index (κ2) is 13.7. The van der Waals surface area contributed by atoms with Gasteiger partial charge in [0.1, 0.15) is 23.9 Å². The lowest BCUT2D eigenvalue weighted by molar-refractivity contribution is -0.150. The number of ether oxygens (including phenoxy) is 5. The summed E-state index contributed by atoms with van der Waals surface area (Å²) in [5.74, 6) is -2.78. The molecule has 1 N–H and O–H groups in total. The molecule has 0 bridgehead atoms. The summed E-state index contributed by atoms with van der Waals surface area (Å²) in [6.45, 7) is 13.7. The SMILES string of the molecule is C=C(C)C(=O)OCC(=O)Oc1cc(OC(=O)COC(O)C(=C)C)cc(-c2ccc(OC(=O)C(=C)C)cc2)c1. The third-order valence-electron chi connectivity index (χ3n) is 4.54. The van der Waals surface area contributed by atoms with Crippen LogP contribution < -0.4 is 14.2 Å². The average Bonchev–Trinajstić information content (AvgIpc) is 2.85. The van der Waals surface area contributed by atoms with Crippen LogP contribution in [0.1, 0.15) is 20.8 Å². The Bertz CT molecular complexity index is 1260. The molecule has 200 valence electrons. The number of carbonyl (C=O) groups excluding carboxylic acids is 4. The van der Waals surface area contributed by atoms with Crippen molar-refractivity contribution in [1.29, 1.82) is 0 Å². The number of hydrogen-bond donors (Lipinski definition) is 1. The number of benzene rings is 2. The van der Waals surface area contributed by atoms with Gasteiger partial charge < -0.3 is 28.8 Å². The monoisotopic (exact) mass is 524 g/mol. The first-order chi connectivity index (χ1) is 17.8. The second-order valence-corrected chi connectivity index (χ2v) is 8.20. The molecule has 0 aliphatic carbocycles. The Morgan fingerprint density at radius 1 is 0.711 bits per heavy atom. The number of carbonyl (C=O) groups is 4. The minimum Gasteiger partial charge on any atom is -0.450 e.